The molecular weight excluding hydrogens is 292 g/mol. The van der Waals surface area contributed by atoms with E-state index >= 15 is 0 Å². The summed E-state index contributed by atoms with van der Waals surface area (Å²) in [7, 11) is 0. The minimum absolute atomic E-state index is 0.264. The minimum Gasteiger partial charge on any atom is -0.356 e. The van der Waals surface area contributed by atoms with E-state index < -0.39 is 0 Å². The van der Waals surface area contributed by atoms with Crippen molar-refractivity contribution in [2.45, 2.75) is 45.6 Å². The van der Waals surface area contributed by atoms with Gasteiger partial charge >= 0.3 is 0 Å². The number of likely N-dealkylation sites (tertiary alicyclic amines) is 1. The van der Waals surface area contributed by atoms with E-state index in [9.17, 15) is 4.79 Å². The Morgan fingerprint density at radius 1 is 1.36 bits per heavy atom. The van der Waals surface area contributed by atoms with E-state index in [2.05, 4.69) is 34.7 Å². The fraction of sp³-hybridized carbons (Fsp3) is 0.722. The lowest BCUT2D eigenvalue weighted by molar-refractivity contribution is -0.122. The van der Waals surface area contributed by atoms with Gasteiger partial charge in [-0.25, -0.2) is 0 Å². The zero-order valence-electron chi connectivity index (χ0n) is 13.6. The Labute approximate surface area is 138 Å². The van der Waals surface area contributed by atoms with Crippen molar-refractivity contribution in [3.05, 3.63) is 22.4 Å². The van der Waals surface area contributed by atoms with Crippen LogP contribution in [0.4, 0.5) is 0 Å². The number of thiophene rings is 1. The number of hydrogen-bond acceptors (Lipinski definition) is 3. The summed E-state index contributed by atoms with van der Waals surface area (Å²) in [4.78, 5) is 16.0. The summed E-state index contributed by atoms with van der Waals surface area (Å²) in [5, 5.41) is 5.32. The van der Waals surface area contributed by atoms with Gasteiger partial charge < -0.3 is 5.32 Å². The molecule has 0 aromatic carbocycles. The Morgan fingerprint density at radius 2 is 2.14 bits per heavy atom. The molecular formula is C18H28N2OS. The van der Waals surface area contributed by atoms with E-state index in [-0.39, 0.29) is 5.91 Å². The molecule has 2 heterocycles. The molecule has 122 valence electrons. The van der Waals surface area contributed by atoms with Crippen molar-refractivity contribution < 1.29 is 4.79 Å². The first-order valence-corrected chi connectivity index (χ1v) is 9.60. The van der Waals surface area contributed by atoms with Gasteiger partial charge in [-0.05, 0) is 68.0 Å². The lowest BCUT2D eigenvalue weighted by Crippen LogP contribution is -2.38. The van der Waals surface area contributed by atoms with Gasteiger partial charge in [-0.15, -0.1) is 11.3 Å². The van der Waals surface area contributed by atoms with Crippen LogP contribution in [0.5, 0.6) is 0 Å². The molecule has 1 saturated carbocycles. The van der Waals surface area contributed by atoms with E-state index in [1.54, 1.807) is 0 Å². The highest BCUT2D eigenvalue weighted by Crippen LogP contribution is 2.38. The van der Waals surface area contributed by atoms with Crippen LogP contribution < -0.4 is 5.32 Å². The maximum absolute atomic E-state index is 12.0. The van der Waals surface area contributed by atoms with Crippen LogP contribution in [0.1, 0.15) is 43.9 Å². The Kier molecular flexibility index (Phi) is 5.53. The number of nitrogens with one attached hydrogen (secondary N) is 1. The predicted octanol–water partition coefficient (Wildman–Crippen LogP) is 3.51. The molecule has 0 radical (unpaired) electrons. The van der Waals surface area contributed by atoms with Crippen LogP contribution in [-0.2, 0) is 11.3 Å². The summed E-state index contributed by atoms with van der Waals surface area (Å²) in [6, 6.07) is 4.35. The van der Waals surface area contributed by atoms with Crippen LogP contribution in [0.2, 0.25) is 0 Å². The summed E-state index contributed by atoms with van der Waals surface area (Å²) in [5.41, 5.74) is 0. The second-order valence-electron chi connectivity index (χ2n) is 7.12. The van der Waals surface area contributed by atoms with Gasteiger partial charge in [-0.1, -0.05) is 13.0 Å². The Hall–Kier alpha value is -0.870. The van der Waals surface area contributed by atoms with Crippen molar-refractivity contribution in [3.63, 3.8) is 0 Å². The summed E-state index contributed by atoms with van der Waals surface area (Å²) < 4.78 is 0. The summed E-state index contributed by atoms with van der Waals surface area (Å²) in [6.07, 6.45) is 5.81. The summed E-state index contributed by atoms with van der Waals surface area (Å²) >= 11 is 1.85. The second-order valence-corrected chi connectivity index (χ2v) is 8.15. The first kappa shape index (κ1) is 16.0. The topological polar surface area (TPSA) is 32.3 Å². The summed E-state index contributed by atoms with van der Waals surface area (Å²) in [5.74, 6) is 2.33. The largest absolute Gasteiger partial charge is 0.356 e. The monoisotopic (exact) mass is 320 g/mol. The molecule has 4 heteroatoms. The molecule has 0 spiro atoms. The van der Waals surface area contributed by atoms with Gasteiger partial charge in [0, 0.05) is 24.4 Å². The highest BCUT2D eigenvalue weighted by molar-refractivity contribution is 7.09. The van der Waals surface area contributed by atoms with Gasteiger partial charge in [0.15, 0.2) is 0 Å². The van der Waals surface area contributed by atoms with Gasteiger partial charge in [0.05, 0.1) is 0 Å². The first-order chi connectivity index (χ1) is 10.7. The molecule has 1 aliphatic heterocycles. The third-order valence-electron chi connectivity index (χ3n) is 5.19. The van der Waals surface area contributed by atoms with Crippen LogP contribution in [0.15, 0.2) is 17.5 Å². The molecule has 2 aliphatic rings. The first-order valence-electron chi connectivity index (χ1n) is 8.72. The molecule has 2 fully saturated rings. The number of carbonyl (C=O) groups excluding carboxylic acids is 1. The summed E-state index contributed by atoms with van der Waals surface area (Å²) in [6.45, 7) is 6.52. The van der Waals surface area contributed by atoms with E-state index in [4.69, 9.17) is 0 Å². The molecule has 1 saturated heterocycles. The van der Waals surface area contributed by atoms with Gasteiger partial charge in [-0.3, -0.25) is 9.69 Å². The van der Waals surface area contributed by atoms with Crippen LogP contribution in [0, 0.1) is 17.8 Å². The number of piperidine rings is 1. The normalized spacial score (nSPS) is 21.7. The maximum Gasteiger partial charge on any atom is 0.220 e. The molecule has 0 unspecified atom stereocenters. The third-order valence-corrected chi connectivity index (χ3v) is 6.05. The van der Waals surface area contributed by atoms with Crippen molar-refractivity contribution >= 4 is 17.2 Å². The van der Waals surface area contributed by atoms with Crippen LogP contribution in [0.3, 0.4) is 0 Å². The molecule has 3 rings (SSSR count). The van der Waals surface area contributed by atoms with E-state index in [1.165, 1.54) is 30.6 Å². The highest BCUT2D eigenvalue weighted by Gasteiger charge is 2.29. The van der Waals surface area contributed by atoms with Gasteiger partial charge in [0.2, 0.25) is 5.91 Å². The number of rotatable bonds is 7. The lowest BCUT2D eigenvalue weighted by atomic mass is 9.96. The van der Waals surface area contributed by atoms with Crippen molar-refractivity contribution in [2.24, 2.45) is 17.8 Å². The maximum atomic E-state index is 12.0. The molecule has 3 nitrogen and oxygen atoms in total. The predicted molar refractivity (Wildman–Crippen MR) is 91.8 cm³/mol. The smallest absolute Gasteiger partial charge is 0.220 e. The molecule has 1 N–H and O–H groups in total. The Balaban J connectivity index is 1.30. The highest BCUT2D eigenvalue weighted by atomic mass is 32.1. The minimum atomic E-state index is 0.264. The molecule has 1 aromatic heterocycles. The van der Waals surface area contributed by atoms with Crippen LogP contribution in [-0.4, -0.2) is 30.4 Å². The van der Waals surface area contributed by atoms with Gasteiger partial charge in [0.25, 0.3) is 0 Å². The standard InChI is InChI=1S/C18H28N2OS/c1-14(16-4-5-16)11-18(21)19-12-15-6-8-20(9-7-15)13-17-3-2-10-22-17/h2-3,10,14-16H,4-9,11-13H2,1H3,(H,19,21)/t14-/m1/s1. The van der Waals surface area contributed by atoms with Crippen molar-refractivity contribution in [1.29, 1.82) is 0 Å². The van der Waals surface area contributed by atoms with Crippen molar-refractivity contribution in [3.8, 4) is 0 Å². The van der Waals surface area contributed by atoms with Gasteiger partial charge in [-0.2, -0.15) is 0 Å². The average Bonchev–Trinajstić information content (AvgIpc) is 3.25. The molecule has 1 aromatic rings. The fourth-order valence-corrected chi connectivity index (χ4v) is 4.17. The second kappa shape index (κ2) is 7.60. The molecule has 22 heavy (non-hydrogen) atoms. The fourth-order valence-electron chi connectivity index (χ4n) is 3.43. The van der Waals surface area contributed by atoms with E-state index in [1.807, 2.05) is 11.3 Å². The van der Waals surface area contributed by atoms with E-state index in [0.717, 1.165) is 38.5 Å². The Morgan fingerprint density at radius 3 is 2.77 bits per heavy atom. The number of hydrogen-bond donors (Lipinski definition) is 1. The van der Waals surface area contributed by atoms with E-state index in [0.29, 0.717) is 11.8 Å². The lowest BCUT2D eigenvalue weighted by Gasteiger charge is -2.31. The average molecular weight is 321 g/mol. The molecule has 1 aliphatic carbocycles. The SMILES string of the molecule is C[C@H](CC(=O)NCC1CCN(Cc2cccs2)CC1)C1CC1. The zero-order chi connectivity index (χ0) is 15.4. The Bertz CT molecular complexity index is 461. The molecule has 1 amide bonds. The quantitative estimate of drug-likeness (QED) is 0.834. The zero-order valence-corrected chi connectivity index (χ0v) is 14.4. The molecule has 0 bridgehead atoms. The van der Waals surface area contributed by atoms with Crippen molar-refractivity contribution in [1.82, 2.24) is 10.2 Å². The third kappa shape index (κ3) is 4.82. The van der Waals surface area contributed by atoms with Crippen LogP contribution in [0.25, 0.3) is 0 Å². The van der Waals surface area contributed by atoms with Gasteiger partial charge in [0.1, 0.15) is 0 Å². The van der Waals surface area contributed by atoms with Crippen LogP contribution >= 0.6 is 11.3 Å². The number of carbonyl (C=O) groups is 1. The number of amides is 1. The number of nitrogens with zero attached hydrogens (tertiary/aromatic N) is 1. The molecule has 1 atom stereocenters. The van der Waals surface area contributed by atoms with Crippen molar-refractivity contribution in [2.75, 3.05) is 19.6 Å².